The number of rotatable bonds is 6. The first kappa shape index (κ1) is 24.8. The third-order valence-electron chi connectivity index (χ3n) is 8.51. The smallest absolute Gasteiger partial charge is 0.181 e. The van der Waals surface area contributed by atoms with Gasteiger partial charge in [-0.25, -0.2) is 9.97 Å². The van der Waals surface area contributed by atoms with Gasteiger partial charge in [-0.1, -0.05) is 25.8 Å². The standard InChI is InChI=1S/C31H35N9/c1-20(21-6-4-3-5-7-21)35-24-14-22(17-32-19-24)23-15-26-29(37-38-31(26)34-18-23)27-16-25-28(8-9-33-30(25)36-27)40-12-10-39(2)11-13-40/h8-9,14-19,21,35H,1,3-7,10-13H2,2H3,(H,33,36)(H,34,37,38). The summed E-state index contributed by atoms with van der Waals surface area (Å²) in [6, 6.07) is 8.56. The molecule has 1 aliphatic heterocycles. The summed E-state index contributed by atoms with van der Waals surface area (Å²) in [5.41, 5.74) is 8.65. The maximum absolute atomic E-state index is 4.67. The minimum absolute atomic E-state index is 0.534. The maximum atomic E-state index is 4.67. The molecule has 1 aliphatic carbocycles. The molecule has 0 atom stereocenters. The van der Waals surface area contributed by atoms with Crippen LogP contribution in [-0.2, 0) is 0 Å². The Labute approximate surface area is 233 Å². The Kier molecular flexibility index (Phi) is 6.43. The van der Waals surface area contributed by atoms with Crippen LogP contribution in [0.5, 0.6) is 0 Å². The van der Waals surface area contributed by atoms with E-state index in [-0.39, 0.29) is 0 Å². The van der Waals surface area contributed by atoms with E-state index in [1.807, 2.05) is 24.8 Å². The van der Waals surface area contributed by atoms with E-state index in [4.69, 9.17) is 0 Å². The van der Waals surface area contributed by atoms with Gasteiger partial charge in [0.25, 0.3) is 0 Å². The third-order valence-corrected chi connectivity index (χ3v) is 8.51. The minimum Gasteiger partial charge on any atom is -0.368 e. The lowest BCUT2D eigenvalue weighted by molar-refractivity contribution is 0.313. The maximum Gasteiger partial charge on any atom is 0.181 e. The Morgan fingerprint density at radius 3 is 2.62 bits per heavy atom. The SMILES string of the molecule is C=C(Nc1cncc(-c2cnc3n[nH]c(-c4cc5c(N6CCN(C)CC6)ccnc5[nH]4)c3c2)c1)C1CCCCC1. The number of hydrogen-bond acceptors (Lipinski definition) is 7. The molecule has 0 radical (unpaired) electrons. The van der Waals surface area contributed by atoms with E-state index in [2.05, 4.69) is 83.1 Å². The Morgan fingerprint density at radius 1 is 0.950 bits per heavy atom. The Bertz CT molecular complexity index is 1670. The molecule has 5 aromatic heterocycles. The zero-order valence-corrected chi connectivity index (χ0v) is 23.0. The van der Waals surface area contributed by atoms with Gasteiger partial charge in [-0.15, -0.1) is 0 Å². The molecule has 2 aliphatic rings. The van der Waals surface area contributed by atoms with Crippen molar-refractivity contribution in [2.24, 2.45) is 5.92 Å². The van der Waals surface area contributed by atoms with E-state index in [9.17, 15) is 0 Å². The van der Waals surface area contributed by atoms with Crippen LogP contribution in [0.15, 0.2) is 61.3 Å². The van der Waals surface area contributed by atoms with Gasteiger partial charge in [0, 0.05) is 78.1 Å². The summed E-state index contributed by atoms with van der Waals surface area (Å²) in [6.45, 7) is 8.46. The van der Waals surface area contributed by atoms with Crippen LogP contribution >= 0.6 is 0 Å². The Balaban J connectivity index is 1.19. The molecule has 7 rings (SSSR count). The number of nitrogens with one attached hydrogen (secondary N) is 3. The fourth-order valence-electron chi connectivity index (χ4n) is 6.14. The van der Waals surface area contributed by atoms with Gasteiger partial charge in [0.05, 0.1) is 23.3 Å². The highest BCUT2D eigenvalue weighted by atomic mass is 15.2. The number of allylic oxidation sites excluding steroid dienone is 1. The second kappa shape index (κ2) is 10.4. The number of pyridine rings is 3. The molecule has 0 spiro atoms. The molecular formula is C31H35N9. The predicted octanol–water partition coefficient (Wildman–Crippen LogP) is 5.82. The highest BCUT2D eigenvalue weighted by molar-refractivity contribution is 5.98. The van der Waals surface area contributed by atoms with Gasteiger partial charge in [0.1, 0.15) is 5.65 Å². The highest BCUT2D eigenvalue weighted by Crippen LogP contribution is 2.34. The van der Waals surface area contributed by atoms with Crippen LogP contribution in [0.1, 0.15) is 32.1 Å². The zero-order valence-electron chi connectivity index (χ0n) is 23.0. The molecule has 9 nitrogen and oxygen atoms in total. The van der Waals surface area contributed by atoms with Crippen LogP contribution < -0.4 is 10.2 Å². The lowest BCUT2D eigenvalue weighted by Crippen LogP contribution is -2.44. The van der Waals surface area contributed by atoms with Crippen molar-refractivity contribution in [3.63, 3.8) is 0 Å². The van der Waals surface area contributed by atoms with Gasteiger partial charge >= 0.3 is 0 Å². The summed E-state index contributed by atoms with van der Waals surface area (Å²) in [7, 11) is 2.18. The van der Waals surface area contributed by atoms with Crippen molar-refractivity contribution >= 4 is 33.4 Å². The lowest BCUT2D eigenvalue weighted by atomic mass is 9.87. The average Bonchev–Trinajstić information content (AvgIpc) is 3.62. The first-order valence-corrected chi connectivity index (χ1v) is 14.3. The van der Waals surface area contributed by atoms with E-state index in [0.29, 0.717) is 11.6 Å². The topological polar surface area (TPSA) is 102 Å². The molecular weight excluding hydrogens is 498 g/mol. The summed E-state index contributed by atoms with van der Waals surface area (Å²) in [5.74, 6) is 0.534. The fraction of sp³-hybridized carbons (Fsp3) is 0.355. The van der Waals surface area contributed by atoms with E-state index >= 15 is 0 Å². The largest absolute Gasteiger partial charge is 0.368 e. The summed E-state index contributed by atoms with van der Waals surface area (Å²) in [5, 5.41) is 13.3. The quantitative estimate of drug-likeness (QED) is 0.253. The zero-order chi connectivity index (χ0) is 27.1. The van der Waals surface area contributed by atoms with E-state index in [1.165, 1.54) is 37.8 Å². The van der Waals surface area contributed by atoms with E-state index < -0.39 is 0 Å². The van der Waals surface area contributed by atoms with Crippen LogP contribution in [0.25, 0.3) is 44.6 Å². The number of fused-ring (bicyclic) bond motifs is 2. The summed E-state index contributed by atoms with van der Waals surface area (Å²) in [4.78, 5) is 22.2. The summed E-state index contributed by atoms with van der Waals surface area (Å²) in [6.07, 6.45) is 13.8. The van der Waals surface area contributed by atoms with Crippen LogP contribution in [0.4, 0.5) is 11.4 Å². The first-order valence-electron chi connectivity index (χ1n) is 14.3. The van der Waals surface area contributed by atoms with Crippen LogP contribution in [0, 0.1) is 5.92 Å². The van der Waals surface area contributed by atoms with Crippen LogP contribution in [0.3, 0.4) is 0 Å². The van der Waals surface area contributed by atoms with Gasteiger partial charge in [-0.05, 0) is 50.1 Å². The van der Waals surface area contributed by atoms with Crippen LogP contribution in [-0.4, -0.2) is 68.3 Å². The van der Waals surface area contributed by atoms with Gasteiger partial charge in [0.15, 0.2) is 5.65 Å². The molecule has 0 bridgehead atoms. The van der Waals surface area contributed by atoms with Gasteiger partial charge < -0.3 is 20.1 Å². The van der Waals surface area contributed by atoms with E-state index in [1.54, 1.807) is 0 Å². The number of piperazine rings is 1. The first-order chi connectivity index (χ1) is 19.6. The van der Waals surface area contributed by atoms with Gasteiger partial charge in [-0.3, -0.25) is 10.1 Å². The molecule has 1 saturated heterocycles. The molecule has 1 saturated carbocycles. The minimum atomic E-state index is 0.534. The number of aromatic amines is 2. The molecule has 0 aromatic carbocycles. The van der Waals surface area contributed by atoms with E-state index in [0.717, 1.165) is 76.5 Å². The molecule has 5 aromatic rings. The number of H-pyrrole nitrogens is 2. The molecule has 9 heteroatoms. The Morgan fingerprint density at radius 2 is 1.77 bits per heavy atom. The molecule has 204 valence electrons. The third kappa shape index (κ3) is 4.70. The second-order valence-corrected chi connectivity index (χ2v) is 11.2. The van der Waals surface area contributed by atoms with Crippen molar-refractivity contribution < 1.29 is 0 Å². The van der Waals surface area contributed by atoms with Crippen molar-refractivity contribution in [3.05, 3.63) is 61.3 Å². The predicted molar refractivity (Wildman–Crippen MR) is 161 cm³/mol. The number of likely N-dealkylation sites (N-methyl/N-ethyl adjacent to an activating group) is 1. The van der Waals surface area contributed by atoms with Gasteiger partial charge in [-0.2, -0.15) is 5.10 Å². The number of anilines is 2. The van der Waals surface area contributed by atoms with Crippen molar-refractivity contribution in [1.29, 1.82) is 0 Å². The summed E-state index contributed by atoms with van der Waals surface area (Å²) >= 11 is 0. The highest BCUT2D eigenvalue weighted by Gasteiger charge is 2.20. The molecule has 6 heterocycles. The monoisotopic (exact) mass is 533 g/mol. The molecule has 2 fully saturated rings. The normalized spacial score (nSPS) is 17.1. The summed E-state index contributed by atoms with van der Waals surface area (Å²) < 4.78 is 0. The van der Waals surface area contributed by atoms with Crippen molar-refractivity contribution in [1.82, 2.24) is 35.0 Å². The number of aromatic nitrogens is 6. The second-order valence-electron chi connectivity index (χ2n) is 11.2. The molecule has 0 amide bonds. The molecule has 0 unspecified atom stereocenters. The molecule has 40 heavy (non-hydrogen) atoms. The Hall–Kier alpha value is -4.24. The molecule has 3 N–H and O–H groups in total. The number of nitrogens with zero attached hydrogens (tertiary/aromatic N) is 6. The van der Waals surface area contributed by atoms with Gasteiger partial charge in [0.2, 0.25) is 0 Å². The number of hydrogen-bond donors (Lipinski definition) is 3. The lowest BCUT2D eigenvalue weighted by Gasteiger charge is -2.34. The van der Waals surface area contributed by atoms with Crippen molar-refractivity contribution in [3.8, 4) is 22.5 Å². The van der Waals surface area contributed by atoms with Crippen molar-refractivity contribution in [2.45, 2.75) is 32.1 Å². The van der Waals surface area contributed by atoms with Crippen molar-refractivity contribution in [2.75, 3.05) is 43.4 Å². The van der Waals surface area contributed by atoms with Crippen LogP contribution in [0.2, 0.25) is 0 Å². The fourth-order valence-corrected chi connectivity index (χ4v) is 6.14. The average molecular weight is 534 g/mol.